The van der Waals surface area contributed by atoms with Crippen molar-refractivity contribution in [1.29, 1.82) is 0 Å². The second-order valence-corrected chi connectivity index (χ2v) is 5.70. The zero-order chi connectivity index (χ0) is 12.0. The molecule has 1 saturated carbocycles. The lowest BCUT2D eigenvalue weighted by molar-refractivity contribution is -0.152. The molecule has 2 unspecified atom stereocenters. The van der Waals surface area contributed by atoms with Gasteiger partial charge >= 0.3 is 5.97 Å². The molecule has 0 heterocycles. The van der Waals surface area contributed by atoms with Crippen LogP contribution in [0.15, 0.2) is 0 Å². The van der Waals surface area contributed by atoms with E-state index in [1.807, 2.05) is 6.26 Å². The minimum atomic E-state index is -0.440. The van der Waals surface area contributed by atoms with Gasteiger partial charge in [-0.05, 0) is 43.6 Å². The average Bonchev–Trinajstić information content (AvgIpc) is 2.25. The minimum absolute atomic E-state index is 0.108. The number of carbonyl (C=O) groups is 1. The van der Waals surface area contributed by atoms with E-state index in [1.165, 1.54) is 12.8 Å². The summed E-state index contributed by atoms with van der Waals surface area (Å²) in [4.78, 5) is 11.7. The van der Waals surface area contributed by atoms with Crippen LogP contribution in [0.3, 0.4) is 0 Å². The van der Waals surface area contributed by atoms with E-state index in [9.17, 15) is 4.79 Å². The third-order valence-corrected chi connectivity index (χ3v) is 3.75. The molecular weight excluding hydrogens is 222 g/mol. The summed E-state index contributed by atoms with van der Waals surface area (Å²) in [5.41, 5.74) is 5.77. The van der Waals surface area contributed by atoms with Crippen LogP contribution in [-0.4, -0.2) is 30.1 Å². The Morgan fingerprint density at radius 2 is 2.31 bits per heavy atom. The molecule has 94 valence electrons. The van der Waals surface area contributed by atoms with Gasteiger partial charge in [0.1, 0.15) is 12.1 Å². The van der Waals surface area contributed by atoms with Crippen LogP contribution in [0.25, 0.3) is 0 Å². The molecule has 0 aromatic heterocycles. The predicted octanol–water partition coefficient (Wildman–Crippen LogP) is 2.19. The Morgan fingerprint density at radius 3 is 2.94 bits per heavy atom. The van der Waals surface area contributed by atoms with Gasteiger partial charge in [0.2, 0.25) is 0 Å². The van der Waals surface area contributed by atoms with Gasteiger partial charge in [-0.1, -0.05) is 13.3 Å². The second kappa shape index (κ2) is 7.17. The monoisotopic (exact) mass is 245 g/mol. The molecule has 3 atom stereocenters. The number of thioether (sulfide) groups is 1. The van der Waals surface area contributed by atoms with Crippen LogP contribution in [0.1, 0.15) is 39.0 Å². The van der Waals surface area contributed by atoms with Crippen molar-refractivity contribution in [2.45, 2.75) is 51.2 Å². The third kappa shape index (κ3) is 4.74. The van der Waals surface area contributed by atoms with Crippen molar-refractivity contribution >= 4 is 17.7 Å². The maximum absolute atomic E-state index is 11.7. The quantitative estimate of drug-likeness (QED) is 0.754. The van der Waals surface area contributed by atoms with Gasteiger partial charge in [0, 0.05) is 0 Å². The zero-order valence-electron chi connectivity index (χ0n) is 10.3. The smallest absolute Gasteiger partial charge is 0.323 e. The molecule has 1 fully saturated rings. The predicted molar refractivity (Wildman–Crippen MR) is 68.5 cm³/mol. The highest BCUT2D eigenvalue weighted by molar-refractivity contribution is 7.98. The van der Waals surface area contributed by atoms with Gasteiger partial charge < -0.3 is 10.5 Å². The van der Waals surface area contributed by atoms with Crippen molar-refractivity contribution in [1.82, 2.24) is 0 Å². The first-order chi connectivity index (χ1) is 7.63. The first-order valence-corrected chi connectivity index (χ1v) is 7.48. The summed E-state index contributed by atoms with van der Waals surface area (Å²) in [6.45, 7) is 2.22. The molecule has 1 aliphatic carbocycles. The molecule has 1 aliphatic rings. The molecule has 0 saturated heterocycles. The van der Waals surface area contributed by atoms with E-state index in [2.05, 4.69) is 6.92 Å². The molecule has 0 radical (unpaired) electrons. The SMILES string of the molecule is CSCC[C@H](N)C(=O)OC1CCCC(C)C1. The van der Waals surface area contributed by atoms with E-state index in [4.69, 9.17) is 10.5 Å². The zero-order valence-corrected chi connectivity index (χ0v) is 11.1. The van der Waals surface area contributed by atoms with Crippen LogP contribution in [-0.2, 0) is 9.53 Å². The summed E-state index contributed by atoms with van der Waals surface area (Å²) < 4.78 is 5.45. The number of nitrogens with two attached hydrogens (primary N) is 1. The number of rotatable bonds is 5. The lowest BCUT2D eigenvalue weighted by atomic mass is 9.89. The topological polar surface area (TPSA) is 52.3 Å². The van der Waals surface area contributed by atoms with Crippen molar-refractivity contribution in [2.75, 3.05) is 12.0 Å². The fourth-order valence-electron chi connectivity index (χ4n) is 2.10. The number of ether oxygens (including phenoxy) is 1. The number of hydrogen-bond acceptors (Lipinski definition) is 4. The highest BCUT2D eigenvalue weighted by Gasteiger charge is 2.24. The first kappa shape index (κ1) is 13.8. The fraction of sp³-hybridized carbons (Fsp3) is 0.917. The summed E-state index contributed by atoms with van der Waals surface area (Å²) in [6, 6.07) is -0.440. The highest BCUT2D eigenvalue weighted by atomic mass is 32.2. The summed E-state index contributed by atoms with van der Waals surface area (Å²) in [5.74, 6) is 1.37. The Hall–Kier alpha value is -0.220. The molecule has 0 aromatic rings. The van der Waals surface area contributed by atoms with Crippen molar-refractivity contribution in [3.05, 3.63) is 0 Å². The van der Waals surface area contributed by atoms with Crippen LogP contribution in [0.2, 0.25) is 0 Å². The lowest BCUT2D eigenvalue weighted by Gasteiger charge is -2.27. The Balaban J connectivity index is 2.26. The van der Waals surface area contributed by atoms with Crippen LogP contribution < -0.4 is 5.73 Å². The highest BCUT2D eigenvalue weighted by Crippen LogP contribution is 2.25. The number of esters is 1. The van der Waals surface area contributed by atoms with Gasteiger partial charge in [-0.3, -0.25) is 4.79 Å². The van der Waals surface area contributed by atoms with Crippen LogP contribution in [0.5, 0.6) is 0 Å². The van der Waals surface area contributed by atoms with Crippen LogP contribution in [0, 0.1) is 5.92 Å². The van der Waals surface area contributed by atoms with Gasteiger partial charge in [-0.15, -0.1) is 0 Å². The van der Waals surface area contributed by atoms with Crippen molar-refractivity contribution in [3.8, 4) is 0 Å². The van der Waals surface area contributed by atoms with Crippen LogP contribution in [0.4, 0.5) is 0 Å². The molecule has 3 nitrogen and oxygen atoms in total. The molecule has 0 spiro atoms. The normalized spacial score (nSPS) is 27.4. The van der Waals surface area contributed by atoms with Gasteiger partial charge in [0.25, 0.3) is 0 Å². The summed E-state index contributed by atoms with van der Waals surface area (Å²) >= 11 is 1.71. The molecule has 0 aromatic carbocycles. The van der Waals surface area contributed by atoms with Gasteiger partial charge in [-0.25, -0.2) is 0 Å². The summed E-state index contributed by atoms with van der Waals surface area (Å²) in [5, 5.41) is 0. The summed E-state index contributed by atoms with van der Waals surface area (Å²) in [7, 11) is 0. The van der Waals surface area contributed by atoms with Gasteiger partial charge in [0.15, 0.2) is 0 Å². The average molecular weight is 245 g/mol. The fourth-order valence-corrected chi connectivity index (χ4v) is 2.59. The van der Waals surface area contributed by atoms with E-state index in [0.29, 0.717) is 12.3 Å². The van der Waals surface area contributed by atoms with Gasteiger partial charge in [0.05, 0.1) is 0 Å². The van der Waals surface area contributed by atoms with Crippen molar-refractivity contribution < 1.29 is 9.53 Å². The minimum Gasteiger partial charge on any atom is -0.461 e. The summed E-state index contributed by atoms with van der Waals surface area (Å²) in [6.07, 6.45) is 7.26. The van der Waals surface area contributed by atoms with E-state index in [0.717, 1.165) is 18.6 Å². The van der Waals surface area contributed by atoms with E-state index >= 15 is 0 Å². The van der Waals surface area contributed by atoms with E-state index < -0.39 is 6.04 Å². The van der Waals surface area contributed by atoms with E-state index in [1.54, 1.807) is 11.8 Å². The van der Waals surface area contributed by atoms with Gasteiger partial charge in [-0.2, -0.15) is 11.8 Å². The Morgan fingerprint density at radius 1 is 1.56 bits per heavy atom. The van der Waals surface area contributed by atoms with Crippen molar-refractivity contribution in [3.63, 3.8) is 0 Å². The maximum Gasteiger partial charge on any atom is 0.323 e. The third-order valence-electron chi connectivity index (χ3n) is 3.11. The molecule has 2 N–H and O–H groups in total. The number of hydrogen-bond donors (Lipinski definition) is 1. The molecule has 1 rings (SSSR count). The number of carbonyl (C=O) groups excluding carboxylic acids is 1. The Kier molecular flexibility index (Phi) is 6.21. The second-order valence-electron chi connectivity index (χ2n) is 4.72. The largest absolute Gasteiger partial charge is 0.461 e. The Bertz CT molecular complexity index is 223. The lowest BCUT2D eigenvalue weighted by Crippen LogP contribution is -2.36. The maximum atomic E-state index is 11.7. The standard InChI is InChI=1S/C12H23NO2S/c1-9-4-3-5-10(8-9)15-12(14)11(13)6-7-16-2/h9-11H,3-8,13H2,1-2H3/t9?,10?,11-/m0/s1. The molecule has 0 amide bonds. The molecule has 0 aliphatic heterocycles. The van der Waals surface area contributed by atoms with Crippen molar-refractivity contribution in [2.24, 2.45) is 11.7 Å². The van der Waals surface area contributed by atoms with E-state index in [-0.39, 0.29) is 12.1 Å². The molecule has 16 heavy (non-hydrogen) atoms. The molecule has 4 heteroatoms. The Labute approximate surface area is 102 Å². The first-order valence-electron chi connectivity index (χ1n) is 6.08. The molecular formula is C12H23NO2S. The molecule has 0 bridgehead atoms. The van der Waals surface area contributed by atoms with Crippen LogP contribution >= 0.6 is 11.8 Å².